The normalized spacial score (nSPS) is 12.0. The molecule has 0 heterocycles. The number of rotatable bonds is 8. The topological polar surface area (TPSA) is 68.9 Å². The molecule has 0 saturated carbocycles. The van der Waals surface area contributed by atoms with Crippen LogP contribution < -0.4 is 15.8 Å². The van der Waals surface area contributed by atoms with Gasteiger partial charge in [0.2, 0.25) is 0 Å². The number of nitrogens with zero attached hydrogens (tertiary/aromatic N) is 1. The lowest BCUT2D eigenvalue weighted by atomic mass is 10.3. The number of benzene rings is 1. The zero-order chi connectivity index (χ0) is 15.7. The van der Waals surface area contributed by atoms with Crippen molar-refractivity contribution in [3.63, 3.8) is 0 Å². The summed E-state index contributed by atoms with van der Waals surface area (Å²) in [5.74, 6) is 1.26. The minimum Gasteiger partial charge on any atom is -0.491 e. The second-order valence-corrected chi connectivity index (χ2v) is 5.36. The molecule has 0 amide bonds. The molecule has 1 aromatic rings. The van der Waals surface area contributed by atoms with Gasteiger partial charge in [0, 0.05) is 18.8 Å². The number of ether oxygens (including phenoxy) is 2. The van der Waals surface area contributed by atoms with Gasteiger partial charge >= 0.3 is 0 Å². The van der Waals surface area contributed by atoms with E-state index in [0.29, 0.717) is 19.1 Å². The van der Waals surface area contributed by atoms with Crippen molar-refractivity contribution in [1.29, 1.82) is 0 Å². The number of nitrogens with one attached hydrogen (secondary N) is 1. The summed E-state index contributed by atoms with van der Waals surface area (Å²) in [6, 6.07) is 7.65. The van der Waals surface area contributed by atoms with Crippen LogP contribution in [0.15, 0.2) is 29.3 Å². The third kappa shape index (κ3) is 8.19. The molecule has 3 N–H and O–H groups in total. The van der Waals surface area contributed by atoms with Crippen LogP contribution in [0.25, 0.3) is 0 Å². The van der Waals surface area contributed by atoms with Crippen molar-refractivity contribution < 1.29 is 9.47 Å². The highest BCUT2D eigenvalue weighted by molar-refractivity contribution is 5.92. The lowest BCUT2D eigenvalue weighted by molar-refractivity contribution is 0.0783. The summed E-state index contributed by atoms with van der Waals surface area (Å²) in [6.45, 7) is 9.40. The zero-order valence-corrected chi connectivity index (χ0v) is 13.4. The highest BCUT2D eigenvalue weighted by Crippen LogP contribution is 2.16. The van der Waals surface area contributed by atoms with Gasteiger partial charge in [-0.05, 0) is 58.4 Å². The van der Waals surface area contributed by atoms with Crippen LogP contribution in [0.4, 0.5) is 5.69 Å². The maximum atomic E-state index is 5.83. The molecule has 0 aromatic heterocycles. The quantitative estimate of drug-likeness (QED) is 0.439. The molecule has 0 aliphatic carbocycles. The van der Waals surface area contributed by atoms with Crippen LogP contribution in [-0.4, -0.2) is 31.3 Å². The number of anilines is 1. The molecule has 0 atom stereocenters. The predicted octanol–water partition coefficient (Wildman–Crippen LogP) is 3.02. The van der Waals surface area contributed by atoms with Gasteiger partial charge in [0.15, 0.2) is 5.96 Å². The summed E-state index contributed by atoms with van der Waals surface area (Å²) in [4.78, 5) is 4.26. The second-order valence-electron chi connectivity index (χ2n) is 5.36. The van der Waals surface area contributed by atoms with Crippen LogP contribution >= 0.6 is 0 Å². The average molecular weight is 293 g/mol. The minimum absolute atomic E-state index is 0.170. The minimum atomic E-state index is 0.170. The number of hydrogen-bond acceptors (Lipinski definition) is 3. The maximum absolute atomic E-state index is 5.83. The molecule has 1 aromatic carbocycles. The molecule has 118 valence electrons. The van der Waals surface area contributed by atoms with Crippen molar-refractivity contribution in [3.8, 4) is 5.75 Å². The van der Waals surface area contributed by atoms with E-state index in [1.165, 1.54) is 0 Å². The highest BCUT2D eigenvalue weighted by atomic mass is 16.5. The van der Waals surface area contributed by atoms with E-state index in [0.717, 1.165) is 17.9 Å². The largest absolute Gasteiger partial charge is 0.491 e. The van der Waals surface area contributed by atoms with Crippen LogP contribution in [0.1, 0.15) is 34.1 Å². The third-order valence-electron chi connectivity index (χ3n) is 2.53. The van der Waals surface area contributed by atoms with Crippen molar-refractivity contribution >= 4 is 11.6 Å². The van der Waals surface area contributed by atoms with Gasteiger partial charge in [-0.2, -0.15) is 0 Å². The van der Waals surface area contributed by atoms with Gasteiger partial charge < -0.3 is 20.5 Å². The molecule has 0 spiro atoms. The van der Waals surface area contributed by atoms with E-state index in [1.807, 2.05) is 52.0 Å². The first-order chi connectivity index (χ1) is 9.97. The first-order valence-corrected chi connectivity index (χ1v) is 7.42. The van der Waals surface area contributed by atoms with Crippen LogP contribution in [0.3, 0.4) is 0 Å². The molecule has 0 saturated heterocycles. The lowest BCUT2D eigenvalue weighted by Crippen LogP contribution is -2.23. The van der Waals surface area contributed by atoms with Crippen LogP contribution in [0.2, 0.25) is 0 Å². The molecule has 0 aliphatic rings. The lowest BCUT2D eigenvalue weighted by Gasteiger charge is -2.11. The average Bonchev–Trinajstić information content (AvgIpc) is 2.39. The molecule has 5 heteroatoms. The van der Waals surface area contributed by atoms with Crippen LogP contribution in [0, 0.1) is 0 Å². The van der Waals surface area contributed by atoms with Gasteiger partial charge in [-0.25, -0.2) is 0 Å². The number of hydrogen-bond donors (Lipinski definition) is 2. The summed E-state index contributed by atoms with van der Waals surface area (Å²) in [6.07, 6.45) is 1.29. The Morgan fingerprint density at radius 3 is 2.38 bits per heavy atom. The van der Waals surface area contributed by atoms with Gasteiger partial charge in [-0.15, -0.1) is 0 Å². The second kappa shape index (κ2) is 9.23. The number of nitrogens with two attached hydrogens (primary N) is 1. The molecule has 0 aliphatic heterocycles. The first-order valence-electron chi connectivity index (χ1n) is 7.42. The summed E-state index contributed by atoms with van der Waals surface area (Å²) in [5, 5.41) is 3.05. The van der Waals surface area contributed by atoms with Crippen LogP contribution in [-0.2, 0) is 4.74 Å². The molecule has 5 nitrogen and oxygen atoms in total. The van der Waals surface area contributed by atoms with Crippen molar-refractivity contribution in [1.82, 2.24) is 0 Å². The van der Waals surface area contributed by atoms with Gasteiger partial charge in [-0.1, -0.05) is 0 Å². The van der Waals surface area contributed by atoms with E-state index >= 15 is 0 Å². The van der Waals surface area contributed by atoms with Crippen LogP contribution in [0.5, 0.6) is 5.75 Å². The Hall–Kier alpha value is -1.75. The Morgan fingerprint density at radius 2 is 1.81 bits per heavy atom. The fraction of sp³-hybridized carbons (Fsp3) is 0.562. The Balaban J connectivity index is 2.34. The molecule has 0 bridgehead atoms. The van der Waals surface area contributed by atoms with E-state index in [2.05, 4.69) is 10.3 Å². The Kier molecular flexibility index (Phi) is 7.61. The standard InChI is InChI=1S/C16H27N3O2/c1-12(2)20-11-5-10-18-16(17)19-14-6-8-15(9-7-14)21-13(3)4/h6-9,12-13H,5,10-11H2,1-4H3,(H3,17,18,19). The van der Waals surface area contributed by atoms with E-state index < -0.39 is 0 Å². The van der Waals surface area contributed by atoms with Gasteiger partial charge in [0.1, 0.15) is 5.75 Å². The molecule has 21 heavy (non-hydrogen) atoms. The summed E-state index contributed by atoms with van der Waals surface area (Å²) < 4.78 is 11.0. The molecular weight excluding hydrogens is 266 g/mol. The van der Waals surface area contributed by atoms with Crippen molar-refractivity contribution in [3.05, 3.63) is 24.3 Å². The Bertz CT molecular complexity index is 428. The fourth-order valence-corrected chi connectivity index (χ4v) is 1.66. The third-order valence-corrected chi connectivity index (χ3v) is 2.53. The zero-order valence-electron chi connectivity index (χ0n) is 13.4. The maximum Gasteiger partial charge on any atom is 0.193 e. The van der Waals surface area contributed by atoms with E-state index in [-0.39, 0.29) is 12.2 Å². The molecule has 0 radical (unpaired) electrons. The highest BCUT2D eigenvalue weighted by Gasteiger charge is 1.99. The smallest absolute Gasteiger partial charge is 0.193 e. The summed E-state index contributed by atoms with van der Waals surface area (Å²) in [5.41, 5.74) is 6.73. The summed E-state index contributed by atoms with van der Waals surface area (Å²) >= 11 is 0. The predicted molar refractivity (Wildman–Crippen MR) is 88.0 cm³/mol. The molecule has 0 unspecified atom stereocenters. The Labute approximate surface area is 127 Å². The van der Waals surface area contributed by atoms with Crippen molar-refractivity contribution in [2.75, 3.05) is 18.5 Å². The first kappa shape index (κ1) is 17.3. The van der Waals surface area contributed by atoms with E-state index in [9.17, 15) is 0 Å². The SMILES string of the molecule is CC(C)OCCCN=C(N)Nc1ccc(OC(C)C)cc1. The monoisotopic (exact) mass is 293 g/mol. The van der Waals surface area contributed by atoms with E-state index in [4.69, 9.17) is 15.2 Å². The van der Waals surface area contributed by atoms with Crippen molar-refractivity contribution in [2.24, 2.45) is 10.7 Å². The number of aliphatic imine (C=N–C) groups is 1. The van der Waals surface area contributed by atoms with E-state index in [1.54, 1.807) is 0 Å². The Morgan fingerprint density at radius 1 is 1.14 bits per heavy atom. The van der Waals surface area contributed by atoms with Crippen molar-refractivity contribution in [2.45, 2.75) is 46.3 Å². The fourth-order valence-electron chi connectivity index (χ4n) is 1.66. The van der Waals surface area contributed by atoms with Gasteiger partial charge in [-0.3, -0.25) is 4.99 Å². The molecule has 0 fully saturated rings. The summed E-state index contributed by atoms with van der Waals surface area (Å²) in [7, 11) is 0. The van der Waals surface area contributed by atoms with Gasteiger partial charge in [0.25, 0.3) is 0 Å². The molecule has 1 rings (SSSR count). The number of guanidine groups is 1. The van der Waals surface area contributed by atoms with Gasteiger partial charge in [0.05, 0.1) is 12.2 Å². The molecular formula is C16H27N3O2.